The highest BCUT2D eigenvalue weighted by Gasteiger charge is 2.28. The lowest BCUT2D eigenvalue weighted by atomic mass is 10.2. The number of morpholine rings is 1. The number of hydrogen-bond acceptors (Lipinski definition) is 5. The number of aromatic nitrogens is 1. The minimum atomic E-state index is -3.30. The average molecular weight is 305 g/mol. The summed E-state index contributed by atoms with van der Waals surface area (Å²) in [5.74, 6) is 0.859. The van der Waals surface area contributed by atoms with Crippen LogP contribution in [-0.4, -0.2) is 50.8 Å². The molecule has 0 bridgehead atoms. The van der Waals surface area contributed by atoms with Crippen LogP contribution in [0.2, 0.25) is 0 Å². The quantitative estimate of drug-likeness (QED) is 0.788. The Morgan fingerprint density at radius 3 is 2.89 bits per heavy atom. The molecule has 2 unspecified atom stereocenters. The van der Waals surface area contributed by atoms with Gasteiger partial charge in [0.2, 0.25) is 0 Å². The van der Waals surface area contributed by atoms with Gasteiger partial charge in [-0.2, -0.15) is 0 Å². The molecule has 0 amide bonds. The number of pyridine rings is 1. The molecule has 0 saturated carbocycles. The zero-order valence-corrected chi connectivity index (χ0v) is 12.5. The summed E-state index contributed by atoms with van der Waals surface area (Å²) in [5.41, 5.74) is 0. The fourth-order valence-corrected chi connectivity index (χ4v) is 3.22. The van der Waals surface area contributed by atoms with E-state index in [-0.39, 0.29) is 17.1 Å². The first-order valence-electron chi connectivity index (χ1n) is 6.03. The number of sulfone groups is 1. The number of alkyl halides is 1. The molecule has 1 fully saturated rings. The Morgan fingerprint density at radius 2 is 2.26 bits per heavy atom. The molecular weight excluding hydrogens is 288 g/mol. The molecular formula is C12H17ClN2O3S. The van der Waals surface area contributed by atoms with Crippen molar-refractivity contribution in [2.75, 3.05) is 30.1 Å². The molecule has 1 aromatic rings. The van der Waals surface area contributed by atoms with Crippen molar-refractivity contribution in [3.05, 3.63) is 18.3 Å². The molecule has 106 valence electrons. The molecule has 19 heavy (non-hydrogen) atoms. The average Bonchev–Trinajstić information content (AvgIpc) is 2.37. The van der Waals surface area contributed by atoms with E-state index < -0.39 is 9.84 Å². The lowest BCUT2D eigenvalue weighted by Crippen LogP contribution is -2.48. The maximum Gasteiger partial charge on any atom is 0.179 e. The molecule has 0 aromatic carbocycles. The fourth-order valence-electron chi connectivity index (χ4n) is 2.21. The van der Waals surface area contributed by atoms with Gasteiger partial charge in [-0.25, -0.2) is 13.4 Å². The molecule has 1 aliphatic rings. The van der Waals surface area contributed by atoms with Gasteiger partial charge in [-0.3, -0.25) is 0 Å². The van der Waals surface area contributed by atoms with Crippen LogP contribution in [0.25, 0.3) is 0 Å². The van der Waals surface area contributed by atoms with Gasteiger partial charge < -0.3 is 9.64 Å². The van der Waals surface area contributed by atoms with Gasteiger partial charge in [-0.1, -0.05) is 0 Å². The van der Waals surface area contributed by atoms with Gasteiger partial charge in [0, 0.05) is 25.5 Å². The monoisotopic (exact) mass is 304 g/mol. The Morgan fingerprint density at radius 1 is 1.53 bits per heavy atom. The van der Waals surface area contributed by atoms with E-state index in [1.807, 2.05) is 11.8 Å². The number of anilines is 1. The third-order valence-corrected chi connectivity index (χ3v) is 4.41. The predicted octanol–water partition coefficient (Wildman–Crippen LogP) is 1.32. The molecule has 2 rings (SSSR count). The standard InChI is InChI=1S/C12H17ClN2O3S/c1-9-7-15(8-10(6-13)18-9)12-11(19(2,16)17)4-3-5-14-12/h3-5,9-10H,6-8H2,1-2H3. The maximum absolute atomic E-state index is 11.8. The van der Waals surface area contributed by atoms with Crippen LogP contribution in [0.5, 0.6) is 0 Å². The predicted molar refractivity (Wildman–Crippen MR) is 74.6 cm³/mol. The van der Waals surface area contributed by atoms with Crippen molar-refractivity contribution in [3.63, 3.8) is 0 Å². The second kappa shape index (κ2) is 5.64. The molecule has 2 heterocycles. The summed E-state index contributed by atoms with van der Waals surface area (Å²) in [4.78, 5) is 6.40. The number of hydrogen-bond donors (Lipinski definition) is 0. The van der Waals surface area contributed by atoms with Gasteiger partial charge in [-0.05, 0) is 19.1 Å². The van der Waals surface area contributed by atoms with E-state index in [0.29, 0.717) is 24.8 Å². The van der Waals surface area contributed by atoms with Crippen LogP contribution < -0.4 is 4.90 Å². The van der Waals surface area contributed by atoms with Crippen LogP contribution in [-0.2, 0) is 14.6 Å². The molecule has 7 heteroatoms. The molecule has 5 nitrogen and oxygen atoms in total. The van der Waals surface area contributed by atoms with E-state index in [0.717, 1.165) is 0 Å². The summed E-state index contributed by atoms with van der Waals surface area (Å²) in [6, 6.07) is 3.20. The molecule has 0 spiro atoms. The highest BCUT2D eigenvalue weighted by Crippen LogP contribution is 2.25. The maximum atomic E-state index is 11.8. The van der Waals surface area contributed by atoms with E-state index in [4.69, 9.17) is 16.3 Å². The largest absolute Gasteiger partial charge is 0.370 e. The highest BCUT2D eigenvalue weighted by atomic mass is 35.5. The second-order valence-corrected chi connectivity index (χ2v) is 7.02. The van der Waals surface area contributed by atoms with Crippen molar-refractivity contribution in [3.8, 4) is 0 Å². The van der Waals surface area contributed by atoms with E-state index in [2.05, 4.69) is 4.98 Å². The van der Waals surface area contributed by atoms with Crippen molar-refractivity contribution >= 4 is 27.3 Å². The molecule has 0 radical (unpaired) electrons. The van der Waals surface area contributed by atoms with Crippen LogP contribution in [0.3, 0.4) is 0 Å². The van der Waals surface area contributed by atoms with Crippen LogP contribution >= 0.6 is 11.6 Å². The SMILES string of the molecule is CC1CN(c2ncccc2S(C)(=O)=O)CC(CCl)O1. The first-order valence-corrected chi connectivity index (χ1v) is 8.46. The molecule has 1 aromatic heterocycles. The van der Waals surface area contributed by atoms with E-state index in [1.165, 1.54) is 6.26 Å². The van der Waals surface area contributed by atoms with Crippen molar-refractivity contribution in [2.45, 2.75) is 24.0 Å². The van der Waals surface area contributed by atoms with E-state index in [9.17, 15) is 8.42 Å². The molecule has 0 N–H and O–H groups in total. The van der Waals surface area contributed by atoms with Gasteiger partial charge in [0.05, 0.1) is 18.1 Å². The van der Waals surface area contributed by atoms with Crippen molar-refractivity contribution < 1.29 is 13.2 Å². The van der Waals surface area contributed by atoms with Gasteiger partial charge in [0.25, 0.3) is 0 Å². The Balaban J connectivity index is 2.36. The topological polar surface area (TPSA) is 59.5 Å². The van der Waals surface area contributed by atoms with Crippen molar-refractivity contribution in [1.29, 1.82) is 0 Å². The third-order valence-electron chi connectivity index (χ3n) is 2.95. The highest BCUT2D eigenvalue weighted by molar-refractivity contribution is 7.90. The van der Waals surface area contributed by atoms with Crippen LogP contribution in [0, 0.1) is 0 Å². The summed E-state index contributed by atoms with van der Waals surface area (Å²) in [5, 5.41) is 0. The zero-order valence-electron chi connectivity index (χ0n) is 10.9. The van der Waals surface area contributed by atoms with Gasteiger partial charge in [0.15, 0.2) is 9.84 Å². The van der Waals surface area contributed by atoms with E-state index >= 15 is 0 Å². The van der Waals surface area contributed by atoms with E-state index in [1.54, 1.807) is 18.3 Å². The van der Waals surface area contributed by atoms with Gasteiger partial charge in [-0.15, -0.1) is 11.6 Å². The lowest BCUT2D eigenvalue weighted by molar-refractivity contribution is -0.00374. The molecule has 1 saturated heterocycles. The third kappa shape index (κ3) is 3.38. The molecule has 0 aliphatic carbocycles. The van der Waals surface area contributed by atoms with Crippen LogP contribution in [0.1, 0.15) is 6.92 Å². The number of rotatable bonds is 3. The van der Waals surface area contributed by atoms with Crippen LogP contribution in [0.15, 0.2) is 23.2 Å². The Bertz CT molecular complexity index is 550. The van der Waals surface area contributed by atoms with Gasteiger partial charge >= 0.3 is 0 Å². The smallest absolute Gasteiger partial charge is 0.179 e. The minimum Gasteiger partial charge on any atom is -0.370 e. The lowest BCUT2D eigenvalue weighted by Gasteiger charge is -2.37. The number of ether oxygens (including phenoxy) is 1. The summed E-state index contributed by atoms with van der Waals surface area (Å²) < 4.78 is 29.3. The zero-order chi connectivity index (χ0) is 14.0. The van der Waals surface area contributed by atoms with Crippen molar-refractivity contribution in [1.82, 2.24) is 4.98 Å². The fraction of sp³-hybridized carbons (Fsp3) is 0.583. The summed E-state index contributed by atoms with van der Waals surface area (Å²) in [7, 11) is -3.30. The van der Waals surface area contributed by atoms with Crippen molar-refractivity contribution in [2.24, 2.45) is 0 Å². The first-order chi connectivity index (χ1) is 8.91. The Hall–Kier alpha value is -0.850. The summed E-state index contributed by atoms with van der Waals surface area (Å²) in [6.07, 6.45) is 2.67. The van der Waals surface area contributed by atoms with Gasteiger partial charge in [0.1, 0.15) is 10.7 Å². The van der Waals surface area contributed by atoms with Crippen LogP contribution in [0.4, 0.5) is 5.82 Å². The normalized spacial score (nSPS) is 24.5. The Labute approximate surface area is 118 Å². The molecule has 1 aliphatic heterocycles. The number of halogens is 1. The first kappa shape index (κ1) is 14.6. The number of nitrogens with zero attached hydrogens (tertiary/aromatic N) is 2. The minimum absolute atomic E-state index is 0.00748. The summed E-state index contributed by atoms with van der Waals surface area (Å²) in [6.45, 7) is 3.09. The second-order valence-electron chi connectivity index (χ2n) is 4.73. The summed E-state index contributed by atoms with van der Waals surface area (Å²) >= 11 is 5.84. The Kier molecular flexibility index (Phi) is 4.32. The molecule has 2 atom stereocenters.